The van der Waals surface area contributed by atoms with Crippen molar-refractivity contribution >= 4 is 47.2 Å². The lowest BCUT2D eigenvalue weighted by Gasteiger charge is -2.32. The van der Waals surface area contributed by atoms with Gasteiger partial charge in [0, 0.05) is 15.9 Å². The topological polar surface area (TPSA) is 96.2 Å². The number of hydrogen-bond donors (Lipinski definition) is 1. The SMILES string of the molecule is COC(=O)c1cc(Cl)cc2c(B3OC(C)(C)C(C)(C)O3)c([C@H](C)NC(=O)OC(C)(C)C)oc12. The number of hydrogen-bond acceptors (Lipinski definition) is 7. The minimum Gasteiger partial charge on any atom is -0.465 e. The van der Waals surface area contributed by atoms with Crippen molar-refractivity contribution in [2.75, 3.05) is 7.11 Å². The van der Waals surface area contributed by atoms with Gasteiger partial charge in [0.05, 0.1) is 24.4 Å². The normalized spacial score (nSPS) is 18.3. The summed E-state index contributed by atoms with van der Waals surface area (Å²) >= 11 is 6.34. The van der Waals surface area contributed by atoms with Crippen molar-refractivity contribution in [2.24, 2.45) is 0 Å². The third-order valence-corrected chi connectivity index (χ3v) is 6.06. The van der Waals surface area contributed by atoms with Gasteiger partial charge < -0.3 is 28.5 Å². The predicted molar refractivity (Wildman–Crippen MR) is 126 cm³/mol. The van der Waals surface area contributed by atoms with Crippen molar-refractivity contribution in [3.05, 3.63) is 28.5 Å². The summed E-state index contributed by atoms with van der Waals surface area (Å²) in [7, 11) is 0.457. The van der Waals surface area contributed by atoms with Crippen LogP contribution in [0.4, 0.5) is 4.79 Å². The zero-order chi connectivity index (χ0) is 24.9. The monoisotopic (exact) mass is 479 g/mol. The zero-order valence-corrected chi connectivity index (χ0v) is 21.3. The van der Waals surface area contributed by atoms with Gasteiger partial charge in [0.1, 0.15) is 22.5 Å². The Bertz CT molecular complexity index is 1070. The number of carbonyl (C=O) groups is 2. The van der Waals surface area contributed by atoms with Gasteiger partial charge in [-0.3, -0.25) is 0 Å². The van der Waals surface area contributed by atoms with Crippen molar-refractivity contribution in [1.82, 2.24) is 5.32 Å². The maximum atomic E-state index is 12.4. The molecule has 1 atom stereocenters. The van der Waals surface area contributed by atoms with Crippen molar-refractivity contribution in [1.29, 1.82) is 0 Å². The quantitative estimate of drug-likeness (QED) is 0.499. The van der Waals surface area contributed by atoms with Gasteiger partial charge in [0.2, 0.25) is 0 Å². The van der Waals surface area contributed by atoms with Crippen LogP contribution in [0.25, 0.3) is 11.0 Å². The number of esters is 1. The molecule has 8 nitrogen and oxygen atoms in total. The van der Waals surface area contributed by atoms with E-state index in [0.717, 1.165) is 0 Å². The second-order valence-corrected chi connectivity index (χ2v) is 10.6. The fraction of sp³-hybridized carbons (Fsp3) is 0.565. The Labute approximate surface area is 199 Å². The van der Waals surface area contributed by atoms with Gasteiger partial charge in [-0.15, -0.1) is 0 Å². The number of furan rings is 1. The summed E-state index contributed by atoms with van der Waals surface area (Å²) in [6.07, 6.45) is -0.610. The Balaban J connectivity index is 2.16. The molecule has 180 valence electrons. The van der Waals surface area contributed by atoms with Crippen LogP contribution in [0.2, 0.25) is 5.02 Å². The van der Waals surface area contributed by atoms with Crippen molar-refractivity contribution < 1.29 is 32.8 Å². The minimum atomic E-state index is -0.821. The number of halogens is 1. The van der Waals surface area contributed by atoms with Crippen LogP contribution in [-0.4, -0.2) is 43.1 Å². The number of ether oxygens (including phenoxy) is 2. The van der Waals surface area contributed by atoms with E-state index in [1.165, 1.54) is 13.2 Å². The number of alkyl carbamates (subject to hydrolysis) is 1. The van der Waals surface area contributed by atoms with Gasteiger partial charge >= 0.3 is 19.2 Å². The van der Waals surface area contributed by atoms with Crippen LogP contribution in [0.3, 0.4) is 0 Å². The first-order chi connectivity index (χ1) is 15.1. The van der Waals surface area contributed by atoms with Crippen LogP contribution in [0, 0.1) is 0 Å². The molecule has 1 aliphatic rings. The van der Waals surface area contributed by atoms with Crippen molar-refractivity contribution in [2.45, 2.75) is 78.2 Å². The summed E-state index contributed by atoms with van der Waals surface area (Å²) in [5.74, 6) is -0.238. The molecule has 0 aliphatic carbocycles. The second kappa shape index (κ2) is 8.53. The second-order valence-electron chi connectivity index (χ2n) is 10.2. The molecule has 10 heteroatoms. The zero-order valence-electron chi connectivity index (χ0n) is 20.5. The molecule has 0 bridgehead atoms. The molecule has 0 saturated carbocycles. The minimum absolute atomic E-state index is 0.161. The van der Waals surface area contributed by atoms with E-state index in [1.807, 2.05) is 27.7 Å². The Kier molecular flexibility index (Phi) is 6.56. The lowest BCUT2D eigenvalue weighted by molar-refractivity contribution is 0.00578. The summed E-state index contributed by atoms with van der Waals surface area (Å²) in [6, 6.07) is 2.52. The number of nitrogens with one attached hydrogen (secondary N) is 1. The van der Waals surface area contributed by atoms with E-state index in [2.05, 4.69) is 5.32 Å². The Morgan fingerprint density at radius 2 is 1.70 bits per heavy atom. The number of carbonyl (C=O) groups excluding carboxylic acids is 2. The van der Waals surface area contributed by atoms with Crippen LogP contribution in [-0.2, 0) is 18.8 Å². The molecular formula is C23H31BClNO7. The molecule has 0 unspecified atom stereocenters. The standard InChI is InChI=1S/C23H31BClNO7/c1-12(26-20(28)31-21(2,3)4)17-16(24-32-22(5,6)23(7,8)33-24)14-10-13(25)11-15(18(14)30-17)19(27)29-9/h10-12H,1-9H3,(H,26,28)/t12-/m0/s1. The molecule has 1 amide bonds. The molecule has 1 aliphatic heterocycles. The van der Waals surface area contributed by atoms with E-state index in [-0.39, 0.29) is 11.1 Å². The number of rotatable bonds is 4. The molecule has 2 heterocycles. The molecule has 1 N–H and O–H groups in total. The highest BCUT2D eigenvalue weighted by Gasteiger charge is 2.53. The molecule has 33 heavy (non-hydrogen) atoms. The van der Waals surface area contributed by atoms with E-state index >= 15 is 0 Å². The van der Waals surface area contributed by atoms with E-state index < -0.39 is 42.0 Å². The highest BCUT2D eigenvalue weighted by atomic mass is 35.5. The molecule has 0 radical (unpaired) electrons. The third-order valence-electron chi connectivity index (χ3n) is 5.84. The summed E-state index contributed by atoms with van der Waals surface area (Å²) in [5.41, 5.74) is -0.941. The molecule has 1 saturated heterocycles. The number of methoxy groups -OCH3 is 1. The van der Waals surface area contributed by atoms with Crippen LogP contribution in [0.5, 0.6) is 0 Å². The van der Waals surface area contributed by atoms with Gasteiger partial charge in [0.25, 0.3) is 0 Å². The third kappa shape index (κ3) is 5.00. The predicted octanol–water partition coefficient (Wildman–Crippen LogP) is 4.76. The van der Waals surface area contributed by atoms with E-state index in [0.29, 0.717) is 21.6 Å². The summed E-state index contributed by atoms with van der Waals surface area (Å²) in [4.78, 5) is 24.9. The van der Waals surface area contributed by atoms with Crippen LogP contribution in [0.15, 0.2) is 16.5 Å². The van der Waals surface area contributed by atoms with Crippen molar-refractivity contribution in [3.8, 4) is 0 Å². The first kappa shape index (κ1) is 25.4. The van der Waals surface area contributed by atoms with Gasteiger partial charge in [0.15, 0.2) is 0 Å². The van der Waals surface area contributed by atoms with Crippen LogP contribution >= 0.6 is 11.6 Å². The largest absolute Gasteiger partial charge is 0.499 e. The average molecular weight is 480 g/mol. The summed E-state index contributed by atoms with van der Waals surface area (Å²) in [6.45, 7) is 14.8. The summed E-state index contributed by atoms with van der Waals surface area (Å²) in [5, 5.41) is 3.64. The molecule has 2 aromatic rings. The molecule has 3 rings (SSSR count). The molecule has 1 aromatic heterocycles. The maximum Gasteiger partial charge on any atom is 0.499 e. The highest BCUT2D eigenvalue weighted by Crippen LogP contribution is 2.39. The van der Waals surface area contributed by atoms with Crippen molar-refractivity contribution in [3.63, 3.8) is 0 Å². The van der Waals surface area contributed by atoms with Gasteiger partial charge in [-0.25, -0.2) is 9.59 Å². The number of benzene rings is 1. The Morgan fingerprint density at radius 1 is 1.12 bits per heavy atom. The Hall–Kier alpha value is -2.23. The average Bonchev–Trinajstić information content (AvgIpc) is 3.12. The first-order valence-electron chi connectivity index (χ1n) is 10.8. The smallest absolute Gasteiger partial charge is 0.465 e. The van der Waals surface area contributed by atoms with Gasteiger partial charge in [-0.05, 0) is 67.5 Å². The lowest BCUT2D eigenvalue weighted by atomic mass is 9.75. The molecule has 0 spiro atoms. The van der Waals surface area contributed by atoms with E-state index in [4.69, 9.17) is 34.8 Å². The maximum absolute atomic E-state index is 12.4. The van der Waals surface area contributed by atoms with E-state index in [9.17, 15) is 9.59 Å². The van der Waals surface area contributed by atoms with Gasteiger partial charge in [-0.1, -0.05) is 11.6 Å². The number of fused-ring (bicyclic) bond motifs is 1. The molecular weight excluding hydrogens is 449 g/mol. The fourth-order valence-electron chi connectivity index (χ4n) is 3.54. The highest BCUT2D eigenvalue weighted by molar-refractivity contribution is 6.66. The summed E-state index contributed by atoms with van der Waals surface area (Å²) < 4.78 is 29.0. The molecule has 1 aromatic carbocycles. The Morgan fingerprint density at radius 3 is 2.21 bits per heavy atom. The number of amides is 1. The van der Waals surface area contributed by atoms with Crippen LogP contribution in [0.1, 0.15) is 77.5 Å². The van der Waals surface area contributed by atoms with Crippen LogP contribution < -0.4 is 10.8 Å². The van der Waals surface area contributed by atoms with Gasteiger partial charge in [-0.2, -0.15) is 0 Å². The molecule has 1 fully saturated rings. The first-order valence-corrected chi connectivity index (χ1v) is 11.1. The fourth-order valence-corrected chi connectivity index (χ4v) is 3.76. The lowest BCUT2D eigenvalue weighted by Crippen LogP contribution is -2.41. The van der Waals surface area contributed by atoms with E-state index in [1.54, 1.807) is 33.8 Å².